The average Bonchev–Trinajstić information content (AvgIpc) is 3.51. The molecule has 7 aromatic carbocycles. The first-order chi connectivity index (χ1) is 24.9. The summed E-state index contributed by atoms with van der Waals surface area (Å²) in [7, 11) is 0. The van der Waals surface area contributed by atoms with E-state index in [2.05, 4.69) is 170 Å². The van der Waals surface area contributed by atoms with Crippen molar-refractivity contribution in [2.75, 3.05) is 6.54 Å². The molecule has 8 aromatic rings. The molecule has 0 spiro atoms. The van der Waals surface area contributed by atoms with Crippen LogP contribution in [0.1, 0.15) is 49.6 Å². The van der Waals surface area contributed by atoms with Crippen LogP contribution >= 0.6 is 0 Å². The van der Waals surface area contributed by atoms with Crippen LogP contribution in [0.15, 0.2) is 140 Å². The zero-order valence-electron chi connectivity index (χ0n) is 29.4. The molecular formula is C49H40N2. The maximum Gasteiger partial charge on any atom is 0.0537 e. The van der Waals surface area contributed by atoms with Crippen LogP contribution in [0, 0.1) is 0 Å². The van der Waals surface area contributed by atoms with Gasteiger partial charge in [0.1, 0.15) is 0 Å². The third-order valence-corrected chi connectivity index (χ3v) is 11.2. The third kappa shape index (κ3) is 4.77. The van der Waals surface area contributed by atoms with Gasteiger partial charge >= 0.3 is 0 Å². The maximum atomic E-state index is 3.36. The molecule has 1 N–H and O–H groups in total. The standard InChI is InChI=1S/C49H40N2/c1-49(2,3)37-26-34-21-23-41-43(32-19-17-31(18-20-32)36-11-9-25-50-30-36)29-44(42-24-22-35(27-37)47(34)48(41)42)33-10-8-12-38(28-33)51-45-15-6-4-13-39(45)40-14-5-7-16-46(40)51/h4,6-13,15-29,50H,5,14,30H2,1-3H3. The molecule has 1 aliphatic carbocycles. The number of nitrogens with one attached hydrogen (secondary N) is 1. The van der Waals surface area contributed by atoms with Gasteiger partial charge in [0.05, 0.1) is 5.52 Å². The molecule has 0 radical (unpaired) electrons. The molecule has 10 rings (SSSR count). The van der Waals surface area contributed by atoms with Crippen LogP contribution in [0.3, 0.4) is 0 Å². The molecule has 0 atom stereocenters. The second kappa shape index (κ2) is 11.3. The Kier molecular flexibility index (Phi) is 6.67. The van der Waals surface area contributed by atoms with Crippen LogP contribution in [-0.2, 0) is 11.8 Å². The van der Waals surface area contributed by atoms with E-state index in [1.807, 2.05) is 6.20 Å². The Labute approximate surface area is 299 Å². The van der Waals surface area contributed by atoms with Crippen molar-refractivity contribution in [2.45, 2.75) is 39.0 Å². The van der Waals surface area contributed by atoms with Gasteiger partial charge in [-0.05, 0) is 138 Å². The van der Waals surface area contributed by atoms with Crippen molar-refractivity contribution < 1.29 is 0 Å². The van der Waals surface area contributed by atoms with Crippen molar-refractivity contribution in [1.29, 1.82) is 0 Å². The number of allylic oxidation sites excluding steroid dienone is 3. The van der Waals surface area contributed by atoms with Crippen molar-refractivity contribution in [2.24, 2.45) is 0 Å². The number of benzene rings is 7. The highest BCUT2D eigenvalue weighted by molar-refractivity contribution is 6.28. The lowest BCUT2D eigenvalue weighted by molar-refractivity contribution is 0.591. The first-order valence-corrected chi connectivity index (χ1v) is 18.3. The third-order valence-electron chi connectivity index (χ3n) is 11.2. The average molecular weight is 657 g/mol. The van der Waals surface area contributed by atoms with E-state index in [9.17, 15) is 0 Å². The van der Waals surface area contributed by atoms with E-state index >= 15 is 0 Å². The molecule has 0 bridgehead atoms. The van der Waals surface area contributed by atoms with Gasteiger partial charge in [-0.1, -0.05) is 124 Å². The summed E-state index contributed by atoms with van der Waals surface area (Å²) in [4.78, 5) is 0. The zero-order chi connectivity index (χ0) is 34.3. The second-order valence-electron chi connectivity index (χ2n) is 15.3. The fourth-order valence-electron chi connectivity index (χ4n) is 8.63. The lowest BCUT2D eigenvalue weighted by Crippen LogP contribution is -2.11. The van der Waals surface area contributed by atoms with Crippen LogP contribution in [0.25, 0.3) is 82.8 Å². The Morgan fingerprint density at radius 3 is 2.14 bits per heavy atom. The minimum Gasteiger partial charge on any atom is -0.387 e. The molecule has 2 nitrogen and oxygen atoms in total. The van der Waals surface area contributed by atoms with Gasteiger partial charge in [-0.2, -0.15) is 0 Å². The first-order valence-electron chi connectivity index (χ1n) is 18.3. The van der Waals surface area contributed by atoms with E-state index in [-0.39, 0.29) is 5.41 Å². The van der Waals surface area contributed by atoms with Gasteiger partial charge in [0.15, 0.2) is 0 Å². The topological polar surface area (TPSA) is 17.0 Å². The van der Waals surface area contributed by atoms with Gasteiger partial charge < -0.3 is 9.88 Å². The largest absolute Gasteiger partial charge is 0.387 e. The highest BCUT2D eigenvalue weighted by Crippen LogP contribution is 2.46. The number of aromatic nitrogens is 1. The number of nitrogens with zero attached hydrogens (tertiary/aromatic N) is 1. The Morgan fingerprint density at radius 2 is 1.39 bits per heavy atom. The number of aryl methyl sites for hydroxylation is 1. The van der Waals surface area contributed by atoms with Gasteiger partial charge in [-0.3, -0.25) is 0 Å². The summed E-state index contributed by atoms with van der Waals surface area (Å²) in [5, 5.41) is 12.6. The number of para-hydroxylation sites is 1. The first kappa shape index (κ1) is 30.0. The van der Waals surface area contributed by atoms with Crippen LogP contribution < -0.4 is 5.32 Å². The maximum absolute atomic E-state index is 3.36. The summed E-state index contributed by atoms with van der Waals surface area (Å²) < 4.78 is 2.47. The van der Waals surface area contributed by atoms with E-state index in [1.54, 1.807) is 0 Å². The highest BCUT2D eigenvalue weighted by atomic mass is 15.0. The summed E-state index contributed by atoms with van der Waals surface area (Å²) >= 11 is 0. The van der Waals surface area contributed by atoms with Gasteiger partial charge in [-0.15, -0.1) is 0 Å². The van der Waals surface area contributed by atoms with Crippen molar-refractivity contribution in [3.63, 3.8) is 0 Å². The number of hydrogen-bond acceptors (Lipinski definition) is 1. The van der Waals surface area contributed by atoms with Gasteiger partial charge in [-0.25, -0.2) is 0 Å². The quantitative estimate of drug-likeness (QED) is 0.187. The van der Waals surface area contributed by atoms with Crippen molar-refractivity contribution >= 4 is 54.9 Å². The van der Waals surface area contributed by atoms with E-state index in [0.29, 0.717) is 0 Å². The molecular weight excluding hydrogens is 617 g/mol. The molecule has 51 heavy (non-hydrogen) atoms. The smallest absolute Gasteiger partial charge is 0.0537 e. The van der Waals surface area contributed by atoms with E-state index in [1.165, 1.54) is 99.1 Å². The fraction of sp³-hybridized carbons (Fsp3) is 0.143. The van der Waals surface area contributed by atoms with Gasteiger partial charge in [0.25, 0.3) is 0 Å². The molecule has 0 amide bonds. The fourth-order valence-corrected chi connectivity index (χ4v) is 8.63. The number of dihydropyridines is 1. The Morgan fingerprint density at radius 1 is 0.647 bits per heavy atom. The van der Waals surface area contributed by atoms with E-state index < -0.39 is 0 Å². The number of fused-ring (bicyclic) bond motifs is 3. The lowest BCUT2D eigenvalue weighted by atomic mass is 9.81. The van der Waals surface area contributed by atoms with Crippen molar-refractivity contribution in [3.8, 4) is 27.9 Å². The summed E-state index contributed by atoms with van der Waals surface area (Å²) in [6.45, 7) is 7.78. The predicted octanol–water partition coefficient (Wildman–Crippen LogP) is 12.6. The zero-order valence-corrected chi connectivity index (χ0v) is 29.4. The van der Waals surface area contributed by atoms with Crippen LogP contribution in [0.4, 0.5) is 0 Å². The predicted molar refractivity (Wildman–Crippen MR) is 219 cm³/mol. The Balaban J connectivity index is 1.23. The lowest BCUT2D eigenvalue weighted by Gasteiger charge is -2.23. The normalized spacial score (nSPS) is 14.5. The van der Waals surface area contributed by atoms with Gasteiger partial charge in [0, 0.05) is 23.3 Å². The molecule has 1 aliphatic heterocycles. The number of rotatable bonds is 4. The molecule has 246 valence electrons. The molecule has 2 aliphatic rings. The SMILES string of the molecule is CC(C)(C)c1cc2ccc3c(-c4ccc(C5=CC=CNC5)cc4)cc(-c4cccc(-n5c6c(c7ccccc75)CCC=C6)c4)c4ccc(c1)c2c34. The summed E-state index contributed by atoms with van der Waals surface area (Å²) in [5.74, 6) is 0. The summed E-state index contributed by atoms with van der Waals surface area (Å²) in [6, 6.07) is 44.0. The summed E-state index contributed by atoms with van der Waals surface area (Å²) in [6.07, 6.45) is 13.1. The van der Waals surface area contributed by atoms with E-state index in [0.717, 1.165) is 19.4 Å². The molecule has 0 saturated carbocycles. The monoisotopic (exact) mass is 656 g/mol. The van der Waals surface area contributed by atoms with Crippen LogP contribution in [-0.4, -0.2) is 11.1 Å². The molecule has 2 heterocycles. The van der Waals surface area contributed by atoms with Crippen LogP contribution in [0.5, 0.6) is 0 Å². The molecule has 2 heteroatoms. The van der Waals surface area contributed by atoms with Crippen molar-refractivity contribution in [1.82, 2.24) is 9.88 Å². The molecule has 1 aromatic heterocycles. The summed E-state index contributed by atoms with van der Waals surface area (Å²) in [5.41, 5.74) is 14.2. The Bertz CT molecular complexity index is 2740. The molecule has 0 unspecified atom stereocenters. The van der Waals surface area contributed by atoms with E-state index in [4.69, 9.17) is 0 Å². The second-order valence-corrected chi connectivity index (χ2v) is 15.3. The van der Waals surface area contributed by atoms with Crippen molar-refractivity contribution in [3.05, 3.63) is 162 Å². The van der Waals surface area contributed by atoms with Gasteiger partial charge in [0.2, 0.25) is 0 Å². The minimum absolute atomic E-state index is 0.0685. The molecule has 0 fully saturated rings. The molecule has 0 saturated heterocycles. The number of hydrogen-bond donors (Lipinski definition) is 1. The highest BCUT2D eigenvalue weighted by Gasteiger charge is 2.22. The Hall–Kier alpha value is -5.86. The minimum atomic E-state index is 0.0685. The van der Waals surface area contributed by atoms with Crippen LogP contribution in [0.2, 0.25) is 0 Å².